The van der Waals surface area contributed by atoms with E-state index in [-0.39, 0.29) is 16.8 Å². The Hall–Kier alpha value is -1.47. The number of pyridine rings is 1. The van der Waals surface area contributed by atoms with E-state index in [4.69, 9.17) is 0 Å². The van der Waals surface area contributed by atoms with Crippen molar-refractivity contribution in [3.63, 3.8) is 0 Å². The van der Waals surface area contributed by atoms with Gasteiger partial charge in [-0.1, -0.05) is 0 Å². The van der Waals surface area contributed by atoms with E-state index in [1.807, 2.05) is 6.92 Å². The summed E-state index contributed by atoms with van der Waals surface area (Å²) in [6, 6.07) is 3.01. The lowest BCUT2D eigenvalue weighted by Gasteiger charge is -2.46. The predicted molar refractivity (Wildman–Crippen MR) is 81.5 cm³/mol. The Kier molecular flexibility index (Phi) is 3.94. The summed E-state index contributed by atoms with van der Waals surface area (Å²) >= 11 is 0. The first-order valence-electron chi connectivity index (χ1n) is 7.66. The van der Waals surface area contributed by atoms with Crippen LogP contribution >= 0.6 is 0 Å². The highest BCUT2D eigenvalue weighted by Gasteiger charge is 2.47. The number of amides is 1. The number of aromatic nitrogens is 1. The molecule has 1 aromatic heterocycles. The van der Waals surface area contributed by atoms with Crippen molar-refractivity contribution >= 4 is 15.9 Å². The second-order valence-electron chi connectivity index (χ2n) is 6.28. The van der Waals surface area contributed by atoms with E-state index >= 15 is 0 Å². The van der Waals surface area contributed by atoms with E-state index in [2.05, 4.69) is 10.3 Å². The van der Waals surface area contributed by atoms with Crippen molar-refractivity contribution in [2.45, 2.75) is 55.5 Å². The Balaban J connectivity index is 1.98. The highest BCUT2D eigenvalue weighted by molar-refractivity contribution is 7.89. The van der Waals surface area contributed by atoms with Crippen LogP contribution in [0.3, 0.4) is 0 Å². The van der Waals surface area contributed by atoms with Gasteiger partial charge in [-0.25, -0.2) is 8.42 Å². The Morgan fingerprint density at radius 3 is 2.95 bits per heavy atom. The van der Waals surface area contributed by atoms with Crippen LogP contribution in [0.2, 0.25) is 0 Å². The van der Waals surface area contributed by atoms with E-state index in [9.17, 15) is 13.2 Å². The minimum Gasteiger partial charge on any atom is -0.349 e. The first-order valence-corrected chi connectivity index (χ1v) is 9.10. The molecule has 2 fully saturated rings. The first-order chi connectivity index (χ1) is 10.4. The second kappa shape index (κ2) is 5.62. The van der Waals surface area contributed by atoms with Crippen molar-refractivity contribution in [3.8, 4) is 0 Å². The zero-order valence-corrected chi connectivity index (χ0v) is 13.5. The fourth-order valence-corrected chi connectivity index (χ4v) is 5.37. The highest BCUT2D eigenvalue weighted by atomic mass is 32.2. The van der Waals surface area contributed by atoms with E-state index in [0.717, 1.165) is 12.8 Å². The third-order valence-electron chi connectivity index (χ3n) is 4.71. The standard InChI is InChI=1S/C15H21N3O3S/c1-15-8-4-10-18(13(15)6-2-7-14(19)17-15)22(20,21)12-5-3-9-16-11-12/h3,5,9,11,13H,2,4,6-8,10H2,1H3,(H,17,19)/t13-,15-/m0/s1. The summed E-state index contributed by atoms with van der Waals surface area (Å²) in [5.41, 5.74) is -0.485. The maximum Gasteiger partial charge on any atom is 0.244 e. The Morgan fingerprint density at radius 2 is 2.23 bits per heavy atom. The molecule has 22 heavy (non-hydrogen) atoms. The molecular weight excluding hydrogens is 302 g/mol. The number of fused-ring (bicyclic) bond motifs is 1. The molecule has 0 unspecified atom stereocenters. The number of piperidine rings is 1. The van der Waals surface area contributed by atoms with Crippen molar-refractivity contribution in [2.75, 3.05) is 6.54 Å². The quantitative estimate of drug-likeness (QED) is 0.889. The van der Waals surface area contributed by atoms with Crippen LogP contribution < -0.4 is 5.32 Å². The summed E-state index contributed by atoms with van der Waals surface area (Å²) in [5.74, 6) is 0.0191. The average molecular weight is 323 g/mol. The van der Waals surface area contributed by atoms with Gasteiger partial charge >= 0.3 is 0 Å². The Bertz CT molecular complexity index is 662. The third-order valence-corrected chi connectivity index (χ3v) is 6.60. The molecule has 7 heteroatoms. The van der Waals surface area contributed by atoms with Gasteiger partial charge in [0.2, 0.25) is 15.9 Å². The zero-order chi connectivity index (χ0) is 15.8. The molecule has 2 saturated heterocycles. The smallest absolute Gasteiger partial charge is 0.244 e. The number of sulfonamides is 1. The number of nitrogens with zero attached hydrogens (tertiary/aromatic N) is 2. The predicted octanol–water partition coefficient (Wildman–Crippen LogP) is 1.29. The van der Waals surface area contributed by atoms with Gasteiger partial charge in [0, 0.05) is 31.4 Å². The molecule has 0 saturated carbocycles. The van der Waals surface area contributed by atoms with Crippen molar-refractivity contribution < 1.29 is 13.2 Å². The summed E-state index contributed by atoms with van der Waals surface area (Å²) in [5, 5.41) is 3.05. The molecule has 3 rings (SSSR count). The van der Waals surface area contributed by atoms with Crippen molar-refractivity contribution in [1.29, 1.82) is 0 Å². The Labute approximate surface area is 131 Å². The molecule has 2 aliphatic heterocycles. The largest absolute Gasteiger partial charge is 0.349 e. The molecule has 1 amide bonds. The number of carbonyl (C=O) groups excluding carboxylic acids is 1. The molecule has 0 aromatic carbocycles. The van der Waals surface area contributed by atoms with Gasteiger partial charge in [0.15, 0.2) is 0 Å². The van der Waals surface area contributed by atoms with Gasteiger partial charge < -0.3 is 5.32 Å². The average Bonchev–Trinajstić information content (AvgIpc) is 2.64. The molecule has 120 valence electrons. The van der Waals surface area contributed by atoms with E-state index in [1.54, 1.807) is 22.6 Å². The maximum absolute atomic E-state index is 13.0. The number of hydrogen-bond donors (Lipinski definition) is 1. The van der Waals surface area contributed by atoms with Gasteiger partial charge in [0.1, 0.15) is 4.90 Å². The van der Waals surface area contributed by atoms with Gasteiger partial charge in [-0.05, 0) is 44.7 Å². The lowest BCUT2D eigenvalue weighted by molar-refractivity contribution is -0.123. The molecular formula is C15H21N3O3S. The van der Waals surface area contributed by atoms with E-state index in [0.29, 0.717) is 25.8 Å². The molecule has 0 radical (unpaired) electrons. The first kappa shape index (κ1) is 15.4. The molecule has 3 heterocycles. The lowest BCUT2D eigenvalue weighted by Crippen LogP contribution is -2.63. The Morgan fingerprint density at radius 1 is 1.41 bits per heavy atom. The topological polar surface area (TPSA) is 79.4 Å². The van der Waals surface area contributed by atoms with Gasteiger partial charge in [0.25, 0.3) is 0 Å². The van der Waals surface area contributed by atoms with E-state index < -0.39 is 15.6 Å². The molecule has 2 aliphatic rings. The number of hydrogen-bond acceptors (Lipinski definition) is 4. The van der Waals surface area contributed by atoms with Crippen LogP contribution in [-0.2, 0) is 14.8 Å². The maximum atomic E-state index is 13.0. The molecule has 0 spiro atoms. The fraction of sp³-hybridized carbons (Fsp3) is 0.600. The number of rotatable bonds is 2. The van der Waals surface area contributed by atoms with Crippen LogP contribution in [0, 0.1) is 0 Å². The van der Waals surface area contributed by atoms with E-state index in [1.165, 1.54) is 6.20 Å². The van der Waals surface area contributed by atoms with Crippen LogP contribution in [0.5, 0.6) is 0 Å². The van der Waals surface area contributed by atoms with Crippen molar-refractivity contribution in [2.24, 2.45) is 0 Å². The van der Waals surface area contributed by atoms with Gasteiger partial charge in [-0.15, -0.1) is 0 Å². The minimum absolute atomic E-state index is 0.0191. The molecule has 2 atom stereocenters. The molecule has 0 aliphatic carbocycles. The summed E-state index contributed by atoms with van der Waals surface area (Å²) in [6.45, 7) is 2.46. The van der Waals surface area contributed by atoms with Gasteiger partial charge in [-0.2, -0.15) is 4.31 Å². The van der Waals surface area contributed by atoms with Crippen LogP contribution in [0.15, 0.2) is 29.4 Å². The lowest BCUT2D eigenvalue weighted by atomic mass is 9.82. The molecule has 1 N–H and O–H groups in total. The van der Waals surface area contributed by atoms with Crippen LogP contribution in [0.1, 0.15) is 39.0 Å². The van der Waals surface area contributed by atoms with Crippen LogP contribution in [0.25, 0.3) is 0 Å². The molecule has 0 bridgehead atoms. The summed E-state index contributed by atoms with van der Waals surface area (Å²) in [6.07, 6.45) is 6.38. The summed E-state index contributed by atoms with van der Waals surface area (Å²) in [7, 11) is -3.58. The number of nitrogens with one attached hydrogen (secondary N) is 1. The normalized spacial score (nSPS) is 30.2. The monoisotopic (exact) mass is 323 g/mol. The van der Waals surface area contributed by atoms with Crippen LogP contribution in [-0.4, -0.2) is 41.7 Å². The highest BCUT2D eigenvalue weighted by Crippen LogP contribution is 2.36. The minimum atomic E-state index is -3.58. The second-order valence-corrected chi connectivity index (χ2v) is 8.17. The van der Waals surface area contributed by atoms with Crippen molar-refractivity contribution in [3.05, 3.63) is 24.5 Å². The fourth-order valence-electron chi connectivity index (χ4n) is 3.61. The number of carbonyl (C=O) groups is 1. The van der Waals surface area contributed by atoms with Gasteiger partial charge in [0.05, 0.1) is 5.54 Å². The molecule has 1 aromatic rings. The summed E-state index contributed by atoms with van der Waals surface area (Å²) in [4.78, 5) is 16.0. The summed E-state index contributed by atoms with van der Waals surface area (Å²) < 4.78 is 27.5. The van der Waals surface area contributed by atoms with Crippen LogP contribution in [0.4, 0.5) is 0 Å². The van der Waals surface area contributed by atoms with Gasteiger partial charge in [-0.3, -0.25) is 9.78 Å². The van der Waals surface area contributed by atoms with Crippen molar-refractivity contribution in [1.82, 2.24) is 14.6 Å². The molecule has 6 nitrogen and oxygen atoms in total. The SMILES string of the molecule is C[C@]12CCCN(S(=O)(=O)c3cccnc3)[C@H]1CCCC(=O)N2. The zero-order valence-electron chi connectivity index (χ0n) is 12.7. The third kappa shape index (κ3) is 2.63.